The number of sulfone groups is 1. The second-order valence-electron chi connectivity index (χ2n) is 4.54. The number of hydrogen-bond donors (Lipinski definition) is 0. The van der Waals surface area contributed by atoms with E-state index in [1.54, 1.807) is 6.07 Å². The third kappa shape index (κ3) is 2.76. The lowest BCUT2D eigenvalue weighted by molar-refractivity contribution is 0.602. The van der Waals surface area contributed by atoms with Crippen LogP contribution in [0.3, 0.4) is 0 Å². The van der Waals surface area contributed by atoms with Crippen LogP contribution in [0.15, 0.2) is 28.5 Å². The van der Waals surface area contributed by atoms with Gasteiger partial charge in [-0.1, -0.05) is 11.6 Å². The number of nitrogens with zero attached hydrogens (tertiary/aromatic N) is 3. The Kier molecular flexibility index (Phi) is 3.43. The average Bonchev–Trinajstić information content (AvgIpc) is 2.84. The summed E-state index contributed by atoms with van der Waals surface area (Å²) in [6, 6.07) is 4.63. The molecule has 0 saturated carbocycles. The van der Waals surface area contributed by atoms with Gasteiger partial charge in [-0.2, -0.15) is 0 Å². The molecular formula is C13H10ClN3O2S2. The van der Waals surface area contributed by atoms with Crippen molar-refractivity contribution in [2.45, 2.75) is 11.8 Å². The number of benzene rings is 1. The Morgan fingerprint density at radius 1 is 1.19 bits per heavy atom. The third-order valence-corrected chi connectivity index (χ3v) is 5.07. The Bertz CT molecular complexity index is 951. The summed E-state index contributed by atoms with van der Waals surface area (Å²) < 4.78 is 23.2. The second kappa shape index (κ2) is 5.01. The summed E-state index contributed by atoms with van der Waals surface area (Å²) in [6.45, 7) is 1.90. The number of hydrogen-bond acceptors (Lipinski definition) is 6. The molecule has 5 nitrogen and oxygen atoms in total. The van der Waals surface area contributed by atoms with Crippen molar-refractivity contribution in [2.24, 2.45) is 0 Å². The first-order chi connectivity index (χ1) is 9.84. The van der Waals surface area contributed by atoms with E-state index in [4.69, 9.17) is 11.6 Å². The molecule has 21 heavy (non-hydrogen) atoms. The quantitative estimate of drug-likeness (QED) is 0.671. The van der Waals surface area contributed by atoms with Gasteiger partial charge < -0.3 is 0 Å². The van der Waals surface area contributed by atoms with Crippen molar-refractivity contribution in [1.29, 1.82) is 0 Å². The van der Waals surface area contributed by atoms with Crippen molar-refractivity contribution in [3.63, 3.8) is 0 Å². The fourth-order valence-corrected chi connectivity index (χ4v) is 3.35. The summed E-state index contributed by atoms with van der Waals surface area (Å²) in [5, 5.41) is 3.50. The Morgan fingerprint density at radius 3 is 2.57 bits per heavy atom. The highest BCUT2D eigenvalue weighted by Crippen LogP contribution is 2.27. The van der Waals surface area contributed by atoms with Gasteiger partial charge in [0.1, 0.15) is 10.8 Å². The van der Waals surface area contributed by atoms with Crippen molar-refractivity contribution >= 4 is 43.7 Å². The first kappa shape index (κ1) is 14.4. The van der Waals surface area contributed by atoms with Crippen LogP contribution in [0.2, 0.25) is 5.15 Å². The highest BCUT2D eigenvalue weighted by molar-refractivity contribution is 7.90. The van der Waals surface area contributed by atoms with Crippen molar-refractivity contribution < 1.29 is 8.42 Å². The maximum atomic E-state index is 11.6. The maximum Gasteiger partial charge on any atom is 0.181 e. The lowest BCUT2D eigenvalue weighted by atomic mass is 10.2. The third-order valence-electron chi connectivity index (χ3n) is 2.90. The molecule has 8 heteroatoms. The van der Waals surface area contributed by atoms with Gasteiger partial charge in [0.15, 0.2) is 15.7 Å². The minimum absolute atomic E-state index is 0.192. The topological polar surface area (TPSA) is 72.8 Å². The van der Waals surface area contributed by atoms with Crippen LogP contribution in [0, 0.1) is 6.92 Å². The zero-order valence-corrected chi connectivity index (χ0v) is 13.6. The monoisotopic (exact) mass is 339 g/mol. The van der Waals surface area contributed by atoms with E-state index in [9.17, 15) is 8.42 Å². The highest BCUT2D eigenvalue weighted by atomic mass is 35.5. The summed E-state index contributed by atoms with van der Waals surface area (Å²) in [6.07, 6.45) is 1.15. The molecule has 0 saturated heterocycles. The number of rotatable bonds is 2. The lowest BCUT2D eigenvalue weighted by Gasteiger charge is -2.04. The SMILES string of the molecule is Cc1nc(-c2nc(Cl)c3cc(S(C)(=O)=O)ccc3n2)cs1. The zero-order chi connectivity index (χ0) is 15.2. The van der Waals surface area contributed by atoms with Crippen LogP contribution < -0.4 is 0 Å². The molecule has 0 bridgehead atoms. The van der Waals surface area contributed by atoms with E-state index in [0.29, 0.717) is 22.4 Å². The van der Waals surface area contributed by atoms with Crippen LogP contribution in [-0.4, -0.2) is 29.6 Å². The van der Waals surface area contributed by atoms with Gasteiger partial charge in [0.2, 0.25) is 0 Å². The van der Waals surface area contributed by atoms with E-state index in [2.05, 4.69) is 15.0 Å². The predicted octanol–water partition coefficient (Wildman–Crippen LogP) is 3.12. The minimum Gasteiger partial charge on any atom is -0.238 e. The van der Waals surface area contributed by atoms with Crippen LogP contribution in [-0.2, 0) is 9.84 Å². The number of aromatic nitrogens is 3. The molecule has 0 spiro atoms. The number of thiazole rings is 1. The van der Waals surface area contributed by atoms with E-state index in [0.717, 1.165) is 11.3 Å². The molecule has 0 N–H and O–H groups in total. The smallest absolute Gasteiger partial charge is 0.181 e. The fraction of sp³-hybridized carbons (Fsp3) is 0.154. The van der Waals surface area contributed by atoms with Gasteiger partial charge in [-0.3, -0.25) is 0 Å². The van der Waals surface area contributed by atoms with Gasteiger partial charge in [0.25, 0.3) is 0 Å². The predicted molar refractivity (Wildman–Crippen MR) is 83.5 cm³/mol. The molecule has 0 aliphatic heterocycles. The molecule has 0 amide bonds. The fourth-order valence-electron chi connectivity index (χ4n) is 1.88. The van der Waals surface area contributed by atoms with Crippen molar-refractivity contribution in [3.05, 3.63) is 33.7 Å². The molecule has 3 aromatic rings. The van der Waals surface area contributed by atoms with Gasteiger partial charge in [-0.25, -0.2) is 23.4 Å². The normalized spacial score (nSPS) is 12.0. The van der Waals surface area contributed by atoms with Crippen LogP contribution in [0.1, 0.15) is 5.01 Å². The average molecular weight is 340 g/mol. The summed E-state index contributed by atoms with van der Waals surface area (Å²) in [5.74, 6) is 0.434. The van der Waals surface area contributed by atoms with E-state index in [1.807, 2.05) is 12.3 Å². The Labute approximate surface area is 130 Å². The number of aryl methyl sites for hydroxylation is 1. The molecule has 0 radical (unpaired) electrons. The Balaban J connectivity index is 2.22. The standard InChI is InChI=1S/C13H10ClN3O2S2/c1-7-15-11(6-20-7)13-16-10-4-3-8(21(2,18)19)5-9(10)12(14)17-13/h3-6H,1-2H3. The number of fused-ring (bicyclic) bond motifs is 1. The Morgan fingerprint density at radius 2 is 1.95 bits per heavy atom. The van der Waals surface area contributed by atoms with E-state index >= 15 is 0 Å². The van der Waals surface area contributed by atoms with Gasteiger partial charge in [-0.15, -0.1) is 11.3 Å². The molecule has 108 valence electrons. The summed E-state index contributed by atoms with van der Waals surface area (Å²) in [7, 11) is -3.29. The van der Waals surface area contributed by atoms with Crippen molar-refractivity contribution in [2.75, 3.05) is 6.26 Å². The molecule has 0 aliphatic rings. The molecule has 0 aliphatic carbocycles. The molecule has 0 fully saturated rings. The van der Waals surface area contributed by atoms with Crippen molar-refractivity contribution in [1.82, 2.24) is 15.0 Å². The van der Waals surface area contributed by atoms with Crippen LogP contribution in [0.4, 0.5) is 0 Å². The first-order valence-electron chi connectivity index (χ1n) is 5.94. The van der Waals surface area contributed by atoms with E-state index in [1.165, 1.54) is 23.5 Å². The summed E-state index contributed by atoms with van der Waals surface area (Å²) in [4.78, 5) is 13.1. The highest BCUT2D eigenvalue weighted by Gasteiger charge is 2.13. The van der Waals surface area contributed by atoms with Crippen LogP contribution in [0.5, 0.6) is 0 Å². The summed E-state index contributed by atoms with van der Waals surface area (Å²) in [5.41, 5.74) is 1.25. The van der Waals surface area contributed by atoms with Gasteiger partial charge in [0, 0.05) is 17.0 Å². The molecule has 2 heterocycles. The van der Waals surface area contributed by atoms with E-state index in [-0.39, 0.29) is 10.0 Å². The van der Waals surface area contributed by atoms with Crippen LogP contribution >= 0.6 is 22.9 Å². The maximum absolute atomic E-state index is 11.6. The first-order valence-corrected chi connectivity index (χ1v) is 9.09. The molecular weight excluding hydrogens is 330 g/mol. The molecule has 1 aromatic carbocycles. The van der Waals surface area contributed by atoms with Gasteiger partial charge in [-0.05, 0) is 25.1 Å². The zero-order valence-electron chi connectivity index (χ0n) is 11.2. The minimum atomic E-state index is -3.29. The lowest BCUT2D eigenvalue weighted by Crippen LogP contribution is -1.98. The van der Waals surface area contributed by atoms with Gasteiger partial charge >= 0.3 is 0 Å². The molecule has 3 rings (SSSR count). The van der Waals surface area contributed by atoms with E-state index < -0.39 is 9.84 Å². The largest absolute Gasteiger partial charge is 0.238 e. The number of halogens is 1. The molecule has 0 unspecified atom stereocenters. The van der Waals surface area contributed by atoms with Gasteiger partial charge in [0.05, 0.1) is 15.4 Å². The second-order valence-corrected chi connectivity index (χ2v) is 7.98. The molecule has 2 aromatic heterocycles. The Hall–Kier alpha value is -1.57. The van der Waals surface area contributed by atoms with Crippen LogP contribution in [0.25, 0.3) is 22.4 Å². The summed E-state index contributed by atoms with van der Waals surface area (Å²) >= 11 is 7.67. The van der Waals surface area contributed by atoms with Crippen molar-refractivity contribution in [3.8, 4) is 11.5 Å². The molecule has 0 atom stereocenters.